The maximum absolute atomic E-state index is 13.3. The third kappa shape index (κ3) is 4.35. The molecule has 0 saturated carbocycles. The molecule has 0 bridgehead atoms. The molecule has 0 saturated heterocycles. The Labute approximate surface area is 160 Å². The molecule has 1 aromatic heterocycles. The van der Waals surface area contributed by atoms with Gasteiger partial charge in [0.2, 0.25) is 0 Å². The number of nitrogens with one attached hydrogen (secondary N) is 2. The molecule has 0 fully saturated rings. The molecule has 0 aliphatic heterocycles. The van der Waals surface area contributed by atoms with Crippen molar-refractivity contribution in [3.8, 4) is 11.5 Å². The van der Waals surface area contributed by atoms with Gasteiger partial charge in [-0.2, -0.15) is 0 Å². The number of benzene rings is 2. The summed E-state index contributed by atoms with van der Waals surface area (Å²) in [5, 5.41) is 5.58. The van der Waals surface area contributed by atoms with Gasteiger partial charge in [0.05, 0.1) is 19.9 Å². The molecule has 0 atom stereocenters. The Morgan fingerprint density at radius 3 is 2.50 bits per heavy atom. The average molecular weight is 385 g/mol. The Hall–Kier alpha value is -3.68. The molecule has 2 aromatic carbocycles. The lowest BCUT2D eigenvalue weighted by Gasteiger charge is -2.12. The molecule has 1 heterocycles. The molecule has 28 heavy (non-hydrogen) atoms. The molecule has 0 spiro atoms. The van der Waals surface area contributed by atoms with Crippen LogP contribution in [0.5, 0.6) is 11.5 Å². The maximum atomic E-state index is 13.3. The van der Waals surface area contributed by atoms with Gasteiger partial charge < -0.3 is 20.1 Å². The monoisotopic (exact) mass is 385 g/mol. The molecular formula is C20H17F2N3O3. The van der Waals surface area contributed by atoms with Gasteiger partial charge in [-0.3, -0.25) is 4.79 Å². The zero-order chi connectivity index (χ0) is 20.1. The fourth-order valence-electron chi connectivity index (χ4n) is 2.46. The molecule has 6 nitrogen and oxygen atoms in total. The van der Waals surface area contributed by atoms with E-state index in [1.165, 1.54) is 38.6 Å². The molecule has 8 heteroatoms. The molecule has 3 rings (SSSR count). The van der Waals surface area contributed by atoms with Gasteiger partial charge in [-0.15, -0.1) is 0 Å². The summed E-state index contributed by atoms with van der Waals surface area (Å²) in [6.07, 6.45) is 1.43. The third-order valence-corrected chi connectivity index (χ3v) is 3.87. The number of rotatable bonds is 6. The van der Waals surface area contributed by atoms with Gasteiger partial charge in [-0.05, 0) is 36.4 Å². The second-order valence-corrected chi connectivity index (χ2v) is 5.70. The smallest absolute Gasteiger partial charge is 0.255 e. The molecule has 3 aromatic rings. The highest BCUT2D eigenvalue weighted by atomic mass is 19.2. The lowest BCUT2D eigenvalue weighted by molar-refractivity contribution is 0.102. The van der Waals surface area contributed by atoms with Crippen LogP contribution in [0.2, 0.25) is 0 Å². The number of amides is 1. The Bertz CT molecular complexity index is 1010. The highest BCUT2D eigenvalue weighted by Gasteiger charge is 2.12. The lowest BCUT2D eigenvalue weighted by atomic mass is 10.2. The number of ether oxygens (including phenoxy) is 2. The van der Waals surface area contributed by atoms with Crippen LogP contribution in [0, 0.1) is 11.6 Å². The Kier molecular flexibility index (Phi) is 5.69. The van der Waals surface area contributed by atoms with Crippen molar-refractivity contribution in [2.24, 2.45) is 0 Å². The Morgan fingerprint density at radius 1 is 0.964 bits per heavy atom. The quantitative estimate of drug-likeness (QED) is 0.659. The molecular weight excluding hydrogens is 368 g/mol. The number of halogens is 2. The minimum Gasteiger partial charge on any atom is -0.497 e. The van der Waals surface area contributed by atoms with Gasteiger partial charge in [0.1, 0.15) is 17.3 Å². The fourth-order valence-corrected chi connectivity index (χ4v) is 2.46. The topological polar surface area (TPSA) is 72.5 Å². The van der Waals surface area contributed by atoms with Gasteiger partial charge in [0, 0.05) is 29.6 Å². The number of carbonyl (C=O) groups excluding carboxylic acids is 1. The minimum absolute atomic E-state index is 0.306. The van der Waals surface area contributed by atoms with E-state index in [1.54, 1.807) is 18.2 Å². The fraction of sp³-hybridized carbons (Fsp3) is 0.100. The molecule has 1 amide bonds. The van der Waals surface area contributed by atoms with E-state index in [-0.39, 0.29) is 5.91 Å². The first-order valence-corrected chi connectivity index (χ1v) is 8.21. The first-order valence-electron chi connectivity index (χ1n) is 8.21. The van der Waals surface area contributed by atoms with Crippen molar-refractivity contribution in [2.45, 2.75) is 0 Å². The second-order valence-electron chi connectivity index (χ2n) is 5.70. The summed E-state index contributed by atoms with van der Waals surface area (Å²) in [4.78, 5) is 16.7. The third-order valence-electron chi connectivity index (χ3n) is 3.87. The normalized spacial score (nSPS) is 10.3. The van der Waals surface area contributed by atoms with Crippen molar-refractivity contribution in [1.29, 1.82) is 0 Å². The summed E-state index contributed by atoms with van der Waals surface area (Å²) in [6.45, 7) is 0. The van der Waals surface area contributed by atoms with Crippen molar-refractivity contribution >= 4 is 23.1 Å². The molecule has 144 valence electrons. The number of nitrogens with zero attached hydrogens (tertiary/aromatic N) is 1. The zero-order valence-electron chi connectivity index (χ0n) is 15.1. The molecule has 2 N–H and O–H groups in total. The van der Waals surface area contributed by atoms with E-state index in [0.717, 1.165) is 12.1 Å². The zero-order valence-corrected chi connectivity index (χ0v) is 15.1. The van der Waals surface area contributed by atoms with Crippen LogP contribution in [0.4, 0.5) is 26.0 Å². The van der Waals surface area contributed by atoms with Gasteiger partial charge >= 0.3 is 0 Å². The van der Waals surface area contributed by atoms with Gasteiger partial charge in [-0.25, -0.2) is 13.8 Å². The molecule has 0 aliphatic rings. The van der Waals surface area contributed by atoms with Crippen molar-refractivity contribution in [3.63, 3.8) is 0 Å². The number of hydrogen-bond acceptors (Lipinski definition) is 5. The first kappa shape index (κ1) is 19.1. The first-order chi connectivity index (χ1) is 13.5. The van der Waals surface area contributed by atoms with Crippen LogP contribution in [0.25, 0.3) is 0 Å². The summed E-state index contributed by atoms with van der Waals surface area (Å²) in [5.41, 5.74) is 1.10. The predicted molar refractivity (Wildman–Crippen MR) is 101 cm³/mol. The summed E-state index contributed by atoms with van der Waals surface area (Å²) in [5.74, 6) is -0.969. The highest BCUT2D eigenvalue weighted by molar-refractivity contribution is 6.05. The van der Waals surface area contributed by atoms with Gasteiger partial charge in [0.25, 0.3) is 5.91 Å². The van der Waals surface area contributed by atoms with Crippen LogP contribution in [0.1, 0.15) is 10.4 Å². The Balaban J connectivity index is 1.78. The van der Waals surface area contributed by atoms with Gasteiger partial charge in [-0.1, -0.05) is 0 Å². The van der Waals surface area contributed by atoms with E-state index in [4.69, 9.17) is 9.47 Å². The van der Waals surface area contributed by atoms with Crippen molar-refractivity contribution < 1.29 is 23.0 Å². The largest absolute Gasteiger partial charge is 0.497 e. The van der Waals surface area contributed by atoms with Crippen LogP contribution >= 0.6 is 0 Å². The van der Waals surface area contributed by atoms with E-state index in [0.29, 0.717) is 34.3 Å². The molecule has 0 unspecified atom stereocenters. The number of carbonyl (C=O) groups is 1. The SMILES string of the molecule is COc1ccc(NC(=O)c2ccnc(Nc3ccc(F)c(F)c3)c2)c(OC)c1. The van der Waals surface area contributed by atoms with Crippen molar-refractivity contribution in [2.75, 3.05) is 24.9 Å². The summed E-state index contributed by atoms with van der Waals surface area (Å²) in [7, 11) is 3.02. The number of pyridine rings is 1. The van der Waals surface area contributed by atoms with E-state index in [2.05, 4.69) is 15.6 Å². The van der Waals surface area contributed by atoms with E-state index < -0.39 is 11.6 Å². The average Bonchev–Trinajstić information content (AvgIpc) is 2.71. The van der Waals surface area contributed by atoms with E-state index >= 15 is 0 Å². The molecule has 0 radical (unpaired) electrons. The number of anilines is 3. The van der Waals surface area contributed by atoms with E-state index in [9.17, 15) is 13.6 Å². The second kappa shape index (κ2) is 8.34. The van der Waals surface area contributed by atoms with Crippen LogP contribution in [0.15, 0.2) is 54.7 Å². The van der Waals surface area contributed by atoms with E-state index in [1.807, 2.05) is 0 Å². The minimum atomic E-state index is -0.981. The number of methoxy groups -OCH3 is 2. The Morgan fingerprint density at radius 2 is 1.79 bits per heavy atom. The standard InChI is InChI=1S/C20H17F2N3O3/c1-27-14-4-6-17(18(11-14)28-2)25-20(26)12-7-8-23-19(9-12)24-13-3-5-15(21)16(22)10-13/h3-11H,1-2H3,(H,23,24)(H,25,26). The van der Waals surface area contributed by atoms with Crippen molar-refractivity contribution in [3.05, 3.63) is 71.9 Å². The van der Waals surface area contributed by atoms with Crippen LogP contribution in [-0.2, 0) is 0 Å². The van der Waals surface area contributed by atoms with Crippen molar-refractivity contribution in [1.82, 2.24) is 4.98 Å². The summed E-state index contributed by atoms with van der Waals surface area (Å²) < 4.78 is 36.8. The van der Waals surface area contributed by atoms with Crippen LogP contribution in [-0.4, -0.2) is 25.1 Å². The lowest BCUT2D eigenvalue weighted by Crippen LogP contribution is -2.13. The number of aromatic nitrogens is 1. The van der Waals surface area contributed by atoms with Gasteiger partial charge in [0.15, 0.2) is 11.6 Å². The predicted octanol–water partition coefficient (Wildman–Crippen LogP) is 4.37. The highest BCUT2D eigenvalue weighted by Crippen LogP contribution is 2.29. The van der Waals surface area contributed by atoms with Crippen LogP contribution in [0.3, 0.4) is 0 Å². The van der Waals surface area contributed by atoms with Crippen LogP contribution < -0.4 is 20.1 Å². The maximum Gasteiger partial charge on any atom is 0.255 e. The summed E-state index contributed by atoms with van der Waals surface area (Å²) in [6, 6.07) is 11.4. The molecule has 0 aliphatic carbocycles. The summed E-state index contributed by atoms with van der Waals surface area (Å²) >= 11 is 0. The number of hydrogen-bond donors (Lipinski definition) is 2.